The second kappa shape index (κ2) is 9.51. The van der Waals surface area contributed by atoms with E-state index in [2.05, 4.69) is 36.4 Å². The molecule has 1 nitrogen and oxygen atoms in total. The van der Waals surface area contributed by atoms with Gasteiger partial charge in [0.1, 0.15) is 0 Å². The molecule has 0 aliphatic carbocycles. The van der Waals surface area contributed by atoms with Gasteiger partial charge in [-0.3, -0.25) is 4.79 Å². The highest BCUT2D eigenvalue weighted by Crippen LogP contribution is 2.18. The van der Waals surface area contributed by atoms with Crippen molar-refractivity contribution in [2.75, 3.05) is 0 Å². The van der Waals surface area contributed by atoms with Crippen LogP contribution >= 0.6 is 11.3 Å². The van der Waals surface area contributed by atoms with Crippen LogP contribution in [0.25, 0.3) is 0 Å². The predicted octanol–water partition coefficient (Wildman–Crippen LogP) is 5.69. The van der Waals surface area contributed by atoms with Gasteiger partial charge in [-0.25, -0.2) is 0 Å². The van der Waals surface area contributed by atoms with Gasteiger partial charge in [0, 0.05) is 0 Å². The van der Waals surface area contributed by atoms with E-state index >= 15 is 0 Å². The maximum atomic E-state index is 10.8. The molecule has 0 spiro atoms. The van der Waals surface area contributed by atoms with Crippen LogP contribution in [0, 0.1) is 0 Å². The van der Waals surface area contributed by atoms with Gasteiger partial charge in [0.05, 0.1) is 4.88 Å². The Morgan fingerprint density at radius 3 is 2.19 bits per heavy atom. The summed E-state index contributed by atoms with van der Waals surface area (Å²) >= 11 is 1.55. The van der Waals surface area contributed by atoms with Crippen LogP contribution in [0.3, 0.4) is 0 Å². The lowest BCUT2D eigenvalue weighted by Crippen LogP contribution is -1.89. The molecule has 2 aromatic rings. The van der Waals surface area contributed by atoms with Gasteiger partial charge in [0.25, 0.3) is 0 Å². The number of aldehydes is 1. The molecule has 21 heavy (non-hydrogen) atoms. The Morgan fingerprint density at radius 1 is 0.810 bits per heavy atom. The van der Waals surface area contributed by atoms with Crippen LogP contribution in [0.4, 0.5) is 0 Å². The highest BCUT2D eigenvalue weighted by atomic mass is 32.1. The zero-order chi connectivity index (χ0) is 14.8. The Morgan fingerprint density at radius 2 is 1.48 bits per heavy atom. The zero-order valence-corrected chi connectivity index (χ0v) is 13.4. The number of aryl methyl sites for hydroxylation is 2. The standard InChI is InChI=1S/C19H24OS/c20-16-19-18(14-15-21-19)13-9-4-2-1-3-6-10-17-11-7-5-8-12-17/h5,7-8,11-12,14-16H,1-4,6,9-10,13H2. The van der Waals surface area contributed by atoms with Crippen LogP contribution in [-0.2, 0) is 12.8 Å². The minimum absolute atomic E-state index is 0.915. The first-order chi connectivity index (χ1) is 10.4. The van der Waals surface area contributed by atoms with E-state index in [1.165, 1.54) is 56.1 Å². The van der Waals surface area contributed by atoms with Crippen LogP contribution in [-0.4, -0.2) is 6.29 Å². The van der Waals surface area contributed by atoms with Crippen LogP contribution < -0.4 is 0 Å². The molecule has 0 N–H and O–H groups in total. The Bertz CT molecular complexity index is 515. The van der Waals surface area contributed by atoms with Gasteiger partial charge in [0.15, 0.2) is 6.29 Å². The summed E-state index contributed by atoms with van der Waals surface area (Å²) < 4.78 is 0. The van der Waals surface area contributed by atoms with Crippen molar-refractivity contribution in [2.45, 2.75) is 51.4 Å². The molecule has 0 saturated carbocycles. The third-order valence-corrected chi connectivity index (χ3v) is 4.78. The third-order valence-electron chi connectivity index (χ3n) is 3.89. The number of hydrogen-bond acceptors (Lipinski definition) is 2. The molecule has 2 rings (SSSR count). The first-order valence-corrected chi connectivity index (χ1v) is 8.83. The van der Waals surface area contributed by atoms with Gasteiger partial charge in [-0.15, -0.1) is 11.3 Å². The summed E-state index contributed by atoms with van der Waals surface area (Å²) in [6.07, 6.45) is 11.0. The minimum atomic E-state index is 0.915. The van der Waals surface area contributed by atoms with E-state index in [1.807, 2.05) is 5.38 Å². The molecule has 1 aromatic heterocycles. The van der Waals surface area contributed by atoms with Crippen molar-refractivity contribution in [1.82, 2.24) is 0 Å². The van der Waals surface area contributed by atoms with E-state index < -0.39 is 0 Å². The number of thiophene rings is 1. The second-order valence-corrected chi connectivity index (χ2v) is 6.48. The largest absolute Gasteiger partial charge is 0.297 e. The molecule has 0 unspecified atom stereocenters. The molecule has 0 radical (unpaired) electrons. The number of unbranched alkanes of at least 4 members (excludes halogenated alkanes) is 5. The number of rotatable bonds is 10. The van der Waals surface area contributed by atoms with Crippen molar-refractivity contribution < 1.29 is 4.79 Å². The summed E-state index contributed by atoms with van der Waals surface area (Å²) in [4.78, 5) is 11.7. The normalized spacial score (nSPS) is 10.7. The Hall–Kier alpha value is -1.41. The Labute approximate surface area is 132 Å². The Kier molecular flexibility index (Phi) is 7.23. The highest BCUT2D eigenvalue weighted by Gasteiger charge is 2.02. The predicted molar refractivity (Wildman–Crippen MR) is 91.3 cm³/mol. The first kappa shape index (κ1) is 16.0. The first-order valence-electron chi connectivity index (χ1n) is 7.95. The fraction of sp³-hybridized carbons (Fsp3) is 0.421. The van der Waals surface area contributed by atoms with Crippen molar-refractivity contribution in [1.29, 1.82) is 0 Å². The molecule has 2 heteroatoms. The van der Waals surface area contributed by atoms with Crippen LogP contribution in [0.5, 0.6) is 0 Å². The van der Waals surface area contributed by atoms with E-state index in [4.69, 9.17) is 0 Å². The van der Waals surface area contributed by atoms with Crippen LogP contribution in [0.1, 0.15) is 59.3 Å². The number of benzene rings is 1. The molecule has 0 amide bonds. The Balaban J connectivity index is 1.48. The SMILES string of the molecule is O=Cc1sccc1CCCCCCCCc1ccccc1. The average Bonchev–Trinajstić information content (AvgIpc) is 2.98. The molecular weight excluding hydrogens is 276 g/mol. The van der Waals surface area contributed by atoms with Gasteiger partial charge in [0.2, 0.25) is 0 Å². The lowest BCUT2D eigenvalue weighted by atomic mass is 10.0. The van der Waals surface area contributed by atoms with E-state index in [9.17, 15) is 4.79 Å². The van der Waals surface area contributed by atoms with Crippen molar-refractivity contribution in [3.63, 3.8) is 0 Å². The van der Waals surface area contributed by atoms with Crippen molar-refractivity contribution in [3.05, 3.63) is 57.8 Å². The smallest absolute Gasteiger partial charge is 0.160 e. The van der Waals surface area contributed by atoms with E-state index in [0.29, 0.717) is 0 Å². The fourth-order valence-corrected chi connectivity index (χ4v) is 3.41. The summed E-state index contributed by atoms with van der Waals surface area (Å²) in [6, 6.07) is 12.8. The molecular formula is C19H24OS. The second-order valence-electron chi connectivity index (χ2n) is 5.53. The van der Waals surface area contributed by atoms with E-state index in [1.54, 1.807) is 11.3 Å². The lowest BCUT2D eigenvalue weighted by molar-refractivity contribution is 0.112. The quantitative estimate of drug-likeness (QED) is 0.407. The van der Waals surface area contributed by atoms with Crippen LogP contribution in [0.2, 0.25) is 0 Å². The summed E-state index contributed by atoms with van der Waals surface area (Å²) in [6.45, 7) is 0. The van der Waals surface area contributed by atoms with Gasteiger partial charge >= 0.3 is 0 Å². The molecule has 112 valence electrons. The van der Waals surface area contributed by atoms with Gasteiger partial charge < -0.3 is 0 Å². The van der Waals surface area contributed by atoms with Gasteiger partial charge in [-0.1, -0.05) is 56.0 Å². The van der Waals surface area contributed by atoms with Crippen molar-refractivity contribution in [2.24, 2.45) is 0 Å². The molecule has 0 bridgehead atoms. The molecule has 0 aliphatic heterocycles. The molecule has 0 saturated heterocycles. The summed E-state index contributed by atoms with van der Waals surface area (Å²) in [5, 5.41) is 2.02. The number of hydrogen-bond donors (Lipinski definition) is 0. The topological polar surface area (TPSA) is 17.1 Å². The van der Waals surface area contributed by atoms with E-state index in [0.717, 1.165) is 17.6 Å². The van der Waals surface area contributed by atoms with Crippen molar-refractivity contribution in [3.8, 4) is 0 Å². The van der Waals surface area contributed by atoms with Crippen LogP contribution in [0.15, 0.2) is 41.8 Å². The monoisotopic (exact) mass is 300 g/mol. The van der Waals surface area contributed by atoms with Gasteiger partial charge in [-0.2, -0.15) is 0 Å². The molecule has 0 aliphatic rings. The molecule has 1 aromatic carbocycles. The number of carbonyl (C=O) groups is 1. The summed E-state index contributed by atoms with van der Waals surface area (Å²) in [5.74, 6) is 0. The fourth-order valence-electron chi connectivity index (χ4n) is 2.65. The lowest BCUT2D eigenvalue weighted by Gasteiger charge is -2.03. The molecule has 1 heterocycles. The number of carbonyl (C=O) groups excluding carboxylic acids is 1. The van der Waals surface area contributed by atoms with E-state index in [-0.39, 0.29) is 0 Å². The summed E-state index contributed by atoms with van der Waals surface area (Å²) in [7, 11) is 0. The zero-order valence-electron chi connectivity index (χ0n) is 12.6. The minimum Gasteiger partial charge on any atom is -0.297 e. The molecule has 0 atom stereocenters. The maximum Gasteiger partial charge on any atom is 0.160 e. The van der Waals surface area contributed by atoms with Crippen molar-refractivity contribution >= 4 is 17.6 Å². The van der Waals surface area contributed by atoms with Gasteiger partial charge in [-0.05, 0) is 48.3 Å². The molecule has 0 fully saturated rings. The highest BCUT2D eigenvalue weighted by molar-refractivity contribution is 7.11. The maximum absolute atomic E-state index is 10.8. The average molecular weight is 300 g/mol. The third kappa shape index (κ3) is 5.84. The summed E-state index contributed by atoms with van der Waals surface area (Å²) in [5.41, 5.74) is 2.69.